The molecule has 20 heavy (non-hydrogen) atoms. The fraction of sp³-hybridized carbons (Fsp3) is 0.267. The lowest BCUT2D eigenvalue weighted by Gasteiger charge is -2.24. The highest BCUT2D eigenvalue weighted by Gasteiger charge is 2.23. The predicted molar refractivity (Wildman–Crippen MR) is 80.0 cm³/mol. The number of rotatable bonds is 5. The van der Waals surface area contributed by atoms with Gasteiger partial charge in [-0.2, -0.15) is 0 Å². The first kappa shape index (κ1) is 14.9. The minimum absolute atomic E-state index is 0.166. The van der Waals surface area contributed by atoms with Crippen LogP contribution in [0.4, 0.5) is 4.39 Å². The van der Waals surface area contributed by atoms with Crippen LogP contribution in [0.15, 0.2) is 47.1 Å². The average molecular weight is 339 g/mol. The Morgan fingerprint density at radius 2 is 2.15 bits per heavy atom. The number of ether oxygens (including phenoxy) is 1. The molecule has 0 saturated carbocycles. The van der Waals surface area contributed by atoms with Gasteiger partial charge in [-0.05, 0) is 36.8 Å². The highest BCUT2D eigenvalue weighted by atomic mass is 79.9. The normalized spacial score (nSPS) is 13.8. The van der Waals surface area contributed by atoms with Gasteiger partial charge in [-0.25, -0.2) is 4.39 Å². The summed E-state index contributed by atoms with van der Waals surface area (Å²) in [5.41, 5.74) is 6.78. The molecule has 106 valence electrons. The van der Waals surface area contributed by atoms with Gasteiger partial charge < -0.3 is 10.5 Å². The van der Waals surface area contributed by atoms with Gasteiger partial charge in [0.2, 0.25) is 0 Å². The molecule has 0 spiro atoms. The third-order valence-electron chi connectivity index (χ3n) is 2.99. The van der Waals surface area contributed by atoms with Crippen LogP contribution in [0.1, 0.15) is 25.1 Å². The van der Waals surface area contributed by atoms with Gasteiger partial charge in [0.1, 0.15) is 0 Å². The summed E-state index contributed by atoms with van der Waals surface area (Å²) in [6.07, 6.45) is 1.90. The number of hydrogen-bond donors (Lipinski definition) is 1. The molecule has 1 aromatic heterocycles. The van der Waals surface area contributed by atoms with Crippen molar-refractivity contribution in [3.63, 3.8) is 0 Å². The largest absolute Gasteiger partial charge is 0.479 e. The number of nitrogens with two attached hydrogens (primary N) is 1. The van der Waals surface area contributed by atoms with Crippen molar-refractivity contribution in [2.45, 2.75) is 25.5 Å². The molecule has 2 N–H and O–H groups in total. The maximum Gasteiger partial charge on any atom is 0.165 e. The van der Waals surface area contributed by atoms with Crippen LogP contribution in [-0.4, -0.2) is 11.0 Å². The Morgan fingerprint density at radius 1 is 1.35 bits per heavy atom. The molecule has 1 heterocycles. The lowest BCUT2D eigenvalue weighted by atomic mass is 10.1. The maximum absolute atomic E-state index is 13.8. The molecule has 0 saturated heterocycles. The summed E-state index contributed by atoms with van der Waals surface area (Å²) in [6, 6.07) is 9.81. The Kier molecular flexibility index (Phi) is 5.09. The van der Waals surface area contributed by atoms with E-state index >= 15 is 0 Å². The van der Waals surface area contributed by atoms with Crippen LogP contribution < -0.4 is 10.5 Å². The summed E-state index contributed by atoms with van der Waals surface area (Å²) in [5.74, 6) is -0.253. The lowest BCUT2D eigenvalue weighted by molar-refractivity contribution is 0.159. The molecule has 1 aromatic carbocycles. The van der Waals surface area contributed by atoms with E-state index in [9.17, 15) is 4.39 Å². The molecule has 2 atom stereocenters. The summed E-state index contributed by atoms with van der Waals surface area (Å²) in [5, 5.41) is 0. The van der Waals surface area contributed by atoms with Crippen molar-refractivity contribution in [2.24, 2.45) is 5.73 Å². The Balaban J connectivity index is 2.31. The molecular weight excluding hydrogens is 323 g/mol. The second-order valence-corrected chi connectivity index (χ2v) is 5.36. The standard InChI is InChI=1S/C15H16BrFN2O/c1-2-12(18)15(13-5-3-4-8-19-13)20-14-9-10(16)6-7-11(14)17/h3-9,12,15H,2,18H2,1H3. The van der Waals surface area contributed by atoms with Gasteiger partial charge in [0.25, 0.3) is 0 Å². The highest BCUT2D eigenvalue weighted by Crippen LogP contribution is 2.28. The molecule has 0 bridgehead atoms. The SMILES string of the molecule is CCC(N)C(Oc1cc(Br)ccc1F)c1ccccn1. The third-order valence-corrected chi connectivity index (χ3v) is 3.48. The van der Waals surface area contributed by atoms with Crippen molar-refractivity contribution in [2.75, 3.05) is 0 Å². The fourth-order valence-corrected chi connectivity index (χ4v) is 2.17. The monoisotopic (exact) mass is 338 g/mol. The molecule has 2 rings (SSSR count). The summed E-state index contributed by atoms with van der Waals surface area (Å²) in [4.78, 5) is 4.26. The van der Waals surface area contributed by atoms with Crippen molar-refractivity contribution in [3.8, 4) is 5.75 Å². The van der Waals surface area contributed by atoms with E-state index in [2.05, 4.69) is 20.9 Å². The van der Waals surface area contributed by atoms with Crippen LogP contribution in [0.3, 0.4) is 0 Å². The maximum atomic E-state index is 13.8. The summed E-state index contributed by atoms with van der Waals surface area (Å²) in [6.45, 7) is 1.96. The predicted octanol–water partition coefficient (Wildman–Crippen LogP) is 3.84. The first-order valence-corrected chi connectivity index (χ1v) is 7.19. The first-order valence-electron chi connectivity index (χ1n) is 6.40. The number of halogens is 2. The van der Waals surface area contributed by atoms with E-state index in [-0.39, 0.29) is 11.8 Å². The van der Waals surface area contributed by atoms with E-state index in [1.807, 2.05) is 25.1 Å². The Bertz CT molecular complexity index is 565. The van der Waals surface area contributed by atoms with Crippen LogP contribution >= 0.6 is 15.9 Å². The van der Waals surface area contributed by atoms with Crippen molar-refractivity contribution in [1.82, 2.24) is 4.98 Å². The second kappa shape index (κ2) is 6.81. The summed E-state index contributed by atoms with van der Waals surface area (Å²) < 4.78 is 20.3. The topological polar surface area (TPSA) is 48.1 Å². The highest BCUT2D eigenvalue weighted by molar-refractivity contribution is 9.10. The minimum atomic E-state index is -0.481. The zero-order valence-electron chi connectivity index (χ0n) is 11.1. The van der Waals surface area contributed by atoms with Crippen molar-refractivity contribution in [3.05, 3.63) is 58.6 Å². The van der Waals surface area contributed by atoms with Crippen LogP contribution in [0, 0.1) is 5.82 Å². The molecule has 0 amide bonds. The quantitative estimate of drug-likeness (QED) is 0.900. The summed E-state index contributed by atoms with van der Waals surface area (Å²) >= 11 is 3.30. The number of nitrogens with zero attached hydrogens (tertiary/aromatic N) is 1. The smallest absolute Gasteiger partial charge is 0.165 e. The van der Waals surface area contributed by atoms with E-state index in [0.717, 1.165) is 4.47 Å². The minimum Gasteiger partial charge on any atom is -0.479 e. The zero-order chi connectivity index (χ0) is 14.5. The molecule has 2 aromatic rings. The molecule has 0 radical (unpaired) electrons. The van der Waals surface area contributed by atoms with E-state index in [1.54, 1.807) is 18.3 Å². The van der Waals surface area contributed by atoms with Crippen LogP contribution in [0.25, 0.3) is 0 Å². The van der Waals surface area contributed by atoms with Gasteiger partial charge in [0, 0.05) is 16.7 Å². The lowest BCUT2D eigenvalue weighted by Crippen LogP contribution is -2.32. The number of pyridine rings is 1. The van der Waals surface area contributed by atoms with E-state index in [4.69, 9.17) is 10.5 Å². The Labute approximate surface area is 126 Å². The molecule has 0 aliphatic heterocycles. The van der Waals surface area contributed by atoms with Crippen LogP contribution in [-0.2, 0) is 0 Å². The van der Waals surface area contributed by atoms with Gasteiger partial charge in [0.05, 0.1) is 5.69 Å². The molecule has 5 heteroatoms. The molecule has 2 unspecified atom stereocenters. The molecule has 0 aliphatic carbocycles. The van der Waals surface area contributed by atoms with Crippen molar-refractivity contribution >= 4 is 15.9 Å². The molecule has 3 nitrogen and oxygen atoms in total. The van der Waals surface area contributed by atoms with Gasteiger partial charge in [-0.3, -0.25) is 4.98 Å². The van der Waals surface area contributed by atoms with E-state index in [0.29, 0.717) is 12.1 Å². The second-order valence-electron chi connectivity index (χ2n) is 4.44. The molecule has 0 aliphatic rings. The fourth-order valence-electron chi connectivity index (χ4n) is 1.83. The van der Waals surface area contributed by atoms with E-state index in [1.165, 1.54) is 6.07 Å². The summed E-state index contributed by atoms with van der Waals surface area (Å²) in [7, 11) is 0. The van der Waals surface area contributed by atoms with E-state index < -0.39 is 11.9 Å². The van der Waals surface area contributed by atoms with Crippen LogP contribution in [0.2, 0.25) is 0 Å². The molecule has 0 fully saturated rings. The van der Waals surface area contributed by atoms with Gasteiger partial charge in [0.15, 0.2) is 17.7 Å². The molecular formula is C15H16BrFN2O. The van der Waals surface area contributed by atoms with Gasteiger partial charge in [-0.1, -0.05) is 28.9 Å². The number of benzene rings is 1. The first-order chi connectivity index (χ1) is 9.61. The van der Waals surface area contributed by atoms with Gasteiger partial charge >= 0.3 is 0 Å². The zero-order valence-corrected chi connectivity index (χ0v) is 12.7. The Morgan fingerprint density at radius 3 is 2.80 bits per heavy atom. The number of aromatic nitrogens is 1. The van der Waals surface area contributed by atoms with Crippen molar-refractivity contribution in [1.29, 1.82) is 0 Å². The third kappa shape index (κ3) is 3.55. The Hall–Kier alpha value is -1.46. The number of hydrogen-bond acceptors (Lipinski definition) is 3. The average Bonchev–Trinajstić information content (AvgIpc) is 2.48. The van der Waals surface area contributed by atoms with Crippen molar-refractivity contribution < 1.29 is 9.13 Å². The van der Waals surface area contributed by atoms with Crippen LogP contribution in [0.5, 0.6) is 5.75 Å². The van der Waals surface area contributed by atoms with Gasteiger partial charge in [-0.15, -0.1) is 0 Å².